The summed E-state index contributed by atoms with van der Waals surface area (Å²) in [6, 6.07) is 8.75. The Morgan fingerprint density at radius 2 is 2.03 bits per heavy atom. The molecule has 0 unspecified atom stereocenters. The van der Waals surface area contributed by atoms with Gasteiger partial charge in [0.1, 0.15) is 11.6 Å². The van der Waals surface area contributed by atoms with Crippen molar-refractivity contribution in [2.24, 2.45) is 0 Å². The SMILES string of the molecule is CCCCOC(=O)N[C@@H]1CCC[C@H](Nc2cc(-n3c(C(F)F)nc4ccccc43)nc(SC)n2)C1. The second kappa shape index (κ2) is 11.7. The highest BCUT2D eigenvalue weighted by Gasteiger charge is 2.25. The number of halogens is 2. The number of benzene rings is 1. The molecule has 2 aromatic heterocycles. The Labute approximate surface area is 207 Å². The number of nitrogens with zero attached hydrogens (tertiary/aromatic N) is 4. The highest BCUT2D eigenvalue weighted by molar-refractivity contribution is 7.98. The maximum Gasteiger partial charge on any atom is 0.407 e. The van der Waals surface area contributed by atoms with E-state index in [1.54, 1.807) is 30.3 Å². The fourth-order valence-corrected chi connectivity index (χ4v) is 4.68. The minimum atomic E-state index is -2.76. The molecule has 1 amide bonds. The van der Waals surface area contributed by atoms with Crippen LogP contribution in [0.4, 0.5) is 19.4 Å². The smallest absolute Gasteiger partial charge is 0.407 e. The molecule has 0 aliphatic heterocycles. The molecule has 1 aliphatic rings. The molecule has 188 valence electrons. The van der Waals surface area contributed by atoms with E-state index >= 15 is 0 Å². The number of anilines is 1. The van der Waals surface area contributed by atoms with Crippen molar-refractivity contribution in [1.82, 2.24) is 24.8 Å². The molecule has 35 heavy (non-hydrogen) atoms. The minimum Gasteiger partial charge on any atom is -0.450 e. The van der Waals surface area contributed by atoms with Gasteiger partial charge in [-0.25, -0.2) is 28.5 Å². The standard InChI is InChI=1S/C24H30F2N6O2S/c1-3-4-12-34-24(33)28-16-9-7-8-15(13-16)27-19-14-20(31-23(30-19)35-2)32-18-11-6-5-10-17(18)29-22(32)21(25)26/h5-6,10-11,14-16,21H,3-4,7-9,12-13H2,1-2H3,(H,28,33)(H,27,30,31)/t15-,16+/m0/s1. The molecule has 2 N–H and O–H groups in total. The number of fused-ring (bicyclic) bond motifs is 1. The van der Waals surface area contributed by atoms with Gasteiger partial charge in [-0.05, 0) is 50.5 Å². The zero-order valence-electron chi connectivity index (χ0n) is 19.8. The number of rotatable bonds is 9. The first-order valence-electron chi connectivity index (χ1n) is 11.9. The maximum absolute atomic E-state index is 13.9. The normalized spacial score (nSPS) is 18.1. The summed E-state index contributed by atoms with van der Waals surface area (Å²) in [7, 11) is 0. The zero-order valence-corrected chi connectivity index (χ0v) is 20.7. The van der Waals surface area contributed by atoms with Crippen LogP contribution >= 0.6 is 11.8 Å². The highest BCUT2D eigenvalue weighted by atomic mass is 32.2. The van der Waals surface area contributed by atoms with Gasteiger partial charge in [0.25, 0.3) is 6.43 Å². The van der Waals surface area contributed by atoms with Crippen LogP contribution in [0.3, 0.4) is 0 Å². The fourth-order valence-electron chi connectivity index (χ4n) is 4.30. The third kappa shape index (κ3) is 6.19. The number of alkyl carbamates (subject to hydrolysis) is 1. The molecule has 1 saturated carbocycles. The van der Waals surface area contributed by atoms with E-state index in [0.29, 0.717) is 40.9 Å². The van der Waals surface area contributed by atoms with Crippen LogP contribution in [-0.2, 0) is 4.74 Å². The summed E-state index contributed by atoms with van der Waals surface area (Å²) in [6.07, 6.45) is 3.95. The third-order valence-corrected chi connectivity index (χ3v) is 6.51. The van der Waals surface area contributed by atoms with Crippen LogP contribution in [0.5, 0.6) is 0 Å². The molecule has 3 aromatic rings. The second-order valence-corrected chi connectivity index (χ2v) is 9.30. The summed E-state index contributed by atoms with van der Waals surface area (Å²) in [5.74, 6) is 0.528. The summed E-state index contributed by atoms with van der Waals surface area (Å²) >= 11 is 1.34. The Morgan fingerprint density at radius 1 is 1.23 bits per heavy atom. The number of alkyl halides is 2. The Balaban J connectivity index is 1.54. The van der Waals surface area contributed by atoms with E-state index in [-0.39, 0.29) is 24.0 Å². The first-order valence-corrected chi connectivity index (χ1v) is 13.1. The third-order valence-electron chi connectivity index (χ3n) is 5.96. The Hall–Kier alpha value is -2.95. The lowest BCUT2D eigenvalue weighted by Gasteiger charge is -2.30. The average Bonchev–Trinajstić information content (AvgIpc) is 3.24. The van der Waals surface area contributed by atoms with Crippen molar-refractivity contribution < 1.29 is 18.3 Å². The van der Waals surface area contributed by atoms with Crippen LogP contribution in [0, 0.1) is 0 Å². The number of nitrogens with one attached hydrogen (secondary N) is 2. The van der Waals surface area contributed by atoms with Crippen molar-refractivity contribution in [2.45, 2.75) is 69.1 Å². The molecule has 0 radical (unpaired) electrons. The molecule has 4 rings (SSSR count). The van der Waals surface area contributed by atoms with E-state index in [1.165, 1.54) is 16.3 Å². The van der Waals surface area contributed by atoms with Gasteiger partial charge < -0.3 is 15.4 Å². The molecule has 8 nitrogen and oxygen atoms in total. The van der Waals surface area contributed by atoms with Crippen LogP contribution < -0.4 is 10.6 Å². The number of thioether (sulfide) groups is 1. The number of carbonyl (C=O) groups is 1. The van der Waals surface area contributed by atoms with Crippen LogP contribution in [0.1, 0.15) is 57.7 Å². The second-order valence-electron chi connectivity index (χ2n) is 8.53. The van der Waals surface area contributed by atoms with E-state index < -0.39 is 6.43 Å². The summed E-state index contributed by atoms with van der Waals surface area (Å²) in [5.41, 5.74) is 1.04. The average molecular weight is 505 g/mol. The van der Waals surface area contributed by atoms with Gasteiger partial charge in [0.15, 0.2) is 11.0 Å². The monoisotopic (exact) mass is 504 g/mol. The van der Waals surface area contributed by atoms with Gasteiger partial charge in [-0.15, -0.1) is 0 Å². The van der Waals surface area contributed by atoms with E-state index in [9.17, 15) is 13.6 Å². The Morgan fingerprint density at radius 3 is 2.80 bits per heavy atom. The lowest BCUT2D eigenvalue weighted by atomic mass is 9.91. The van der Waals surface area contributed by atoms with E-state index in [2.05, 4.69) is 25.6 Å². The number of unbranched alkanes of at least 4 members (excludes halogenated alkanes) is 1. The van der Waals surface area contributed by atoms with E-state index in [4.69, 9.17) is 4.74 Å². The van der Waals surface area contributed by atoms with Crippen molar-refractivity contribution in [3.05, 3.63) is 36.2 Å². The fraction of sp³-hybridized carbons (Fsp3) is 0.500. The first kappa shape index (κ1) is 25.2. The number of hydrogen-bond donors (Lipinski definition) is 2. The molecular weight excluding hydrogens is 474 g/mol. The summed E-state index contributed by atoms with van der Waals surface area (Å²) in [6.45, 7) is 2.46. The van der Waals surface area contributed by atoms with Gasteiger partial charge in [-0.2, -0.15) is 0 Å². The Kier molecular flexibility index (Phi) is 8.37. The van der Waals surface area contributed by atoms with Crippen LogP contribution in [0.2, 0.25) is 0 Å². The molecule has 1 fully saturated rings. The largest absolute Gasteiger partial charge is 0.450 e. The summed E-state index contributed by atoms with van der Waals surface area (Å²) in [4.78, 5) is 25.2. The number of para-hydroxylation sites is 2. The number of aromatic nitrogens is 4. The van der Waals surface area contributed by atoms with Crippen molar-refractivity contribution >= 4 is 34.7 Å². The van der Waals surface area contributed by atoms with Gasteiger partial charge >= 0.3 is 6.09 Å². The van der Waals surface area contributed by atoms with Crippen LogP contribution in [-0.4, -0.2) is 50.6 Å². The van der Waals surface area contributed by atoms with Crippen LogP contribution in [0.15, 0.2) is 35.5 Å². The number of carbonyl (C=O) groups excluding carboxylic acids is 1. The lowest BCUT2D eigenvalue weighted by Crippen LogP contribution is -2.42. The molecule has 1 aromatic carbocycles. The van der Waals surface area contributed by atoms with Gasteiger partial charge in [0, 0.05) is 18.2 Å². The molecule has 1 aliphatic carbocycles. The number of imidazole rings is 1. The van der Waals surface area contributed by atoms with Gasteiger partial charge in [-0.3, -0.25) is 4.57 Å². The molecular formula is C24H30F2N6O2S. The van der Waals surface area contributed by atoms with Crippen molar-refractivity contribution in [3.63, 3.8) is 0 Å². The molecule has 0 spiro atoms. The van der Waals surface area contributed by atoms with Gasteiger partial charge in [0.05, 0.1) is 17.6 Å². The highest BCUT2D eigenvalue weighted by Crippen LogP contribution is 2.29. The van der Waals surface area contributed by atoms with Gasteiger partial charge in [0.2, 0.25) is 0 Å². The molecule has 0 bridgehead atoms. The molecule has 11 heteroatoms. The van der Waals surface area contributed by atoms with Crippen LogP contribution in [0.25, 0.3) is 16.9 Å². The van der Waals surface area contributed by atoms with Crippen molar-refractivity contribution in [1.29, 1.82) is 0 Å². The predicted molar refractivity (Wildman–Crippen MR) is 132 cm³/mol. The van der Waals surface area contributed by atoms with Crippen molar-refractivity contribution in [2.75, 3.05) is 18.2 Å². The van der Waals surface area contributed by atoms with E-state index in [0.717, 1.165) is 32.1 Å². The number of amides is 1. The summed E-state index contributed by atoms with van der Waals surface area (Å²) < 4.78 is 34.3. The van der Waals surface area contributed by atoms with E-state index in [1.807, 2.05) is 13.2 Å². The number of ether oxygens (including phenoxy) is 1. The number of hydrogen-bond acceptors (Lipinski definition) is 7. The summed E-state index contributed by atoms with van der Waals surface area (Å²) in [5, 5.41) is 6.85. The minimum absolute atomic E-state index is 0.000247. The van der Waals surface area contributed by atoms with Crippen molar-refractivity contribution in [3.8, 4) is 5.82 Å². The maximum atomic E-state index is 13.9. The molecule has 2 atom stereocenters. The lowest BCUT2D eigenvalue weighted by molar-refractivity contribution is 0.137. The Bertz CT molecular complexity index is 1160. The quantitative estimate of drug-likeness (QED) is 0.219. The molecule has 0 saturated heterocycles. The predicted octanol–water partition coefficient (Wildman–Crippen LogP) is 5.72. The molecule has 2 heterocycles. The zero-order chi connectivity index (χ0) is 24.8. The van der Waals surface area contributed by atoms with Gasteiger partial charge in [-0.1, -0.05) is 37.2 Å². The first-order chi connectivity index (χ1) is 17.0. The topological polar surface area (TPSA) is 94.0 Å².